The topological polar surface area (TPSA) is 66.5 Å². The average molecular weight is 429 g/mol. The van der Waals surface area contributed by atoms with Crippen molar-refractivity contribution in [3.05, 3.63) is 58.4 Å². The Labute approximate surface area is 166 Å². The molecule has 9 heteroatoms. The largest absolute Gasteiger partial charge is 0.345 e. The van der Waals surface area contributed by atoms with Crippen LogP contribution in [0.2, 0.25) is 5.02 Å². The third kappa shape index (κ3) is 3.99. The first kappa shape index (κ1) is 20.1. The van der Waals surface area contributed by atoms with Gasteiger partial charge in [-0.3, -0.25) is 4.79 Å². The number of carbonyl (C=O) groups excluding carboxylic acids is 1. The Kier molecular flexibility index (Phi) is 5.81. The lowest BCUT2D eigenvalue weighted by Crippen LogP contribution is -2.31. The van der Waals surface area contributed by atoms with Gasteiger partial charge < -0.3 is 5.32 Å². The van der Waals surface area contributed by atoms with E-state index in [0.29, 0.717) is 22.6 Å². The highest BCUT2D eigenvalue weighted by Crippen LogP contribution is 2.38. The van der Waals surface area contributed by atoms with Crippen molar-refractivity contribution in [2.45, 2.75) is 22.3 Å². The number of rotatable bonds is 4. The van der Waals surface area contributed by atoms with Gasteiger partial charge in [0.2, 0.25) is 10.0 Å². The summed E-state index contributed by atoms with van der Waals surface area (Å²) in [6.07, 6.45) is 0.639. The molecule has 0 saturated heterocycles. The monoisotopic (exact) mass is 428 g/mol. The van der Waals surface area contributed by atoms with Crippen LogP contribution in [0.25, 0.3) is 0 Å². The second-order valence-electron chi connectivity index (χ2n) is 6.25. The predicted molar refractivity (Wildman–Crippen MR) is 104 cm³/mol. The zero-order valence-corrected chi connectivity index (χ0v) is 17.1. The first-order valence-corrected chi connectivity index (χ1v) is 11.0. The molecule has 0 saturated carbocycles. The van der Waals surface area contributed by atoms with Gasteiger partial charge in [0.25, 0.3) is 5.91 Å². The Morgan fingerprint density at radius 3 is 2.74 bits per heavy atom. The molecule has 3 rings (SSSR count). The van der Waals surface area contributed by atoms with Gasteiger partial charge >= 0.3 is 0 Å². The first-order chi connectivity index (χ1) is 12.7. The van der Waals surface area contributed by atoms with Crippen LogP contribution in [-0.2, 0) is 10.0 Å². The minimum absolute atomic E-state index is 0.0207. The number of nitrogens with one attached hydrogen (secondary N) is 1. The summed E-state index contributed by atoms with van der Waals surface area (Å²) in [7, 11) is -0.872. The molecule has 27 heavy (non-hydrogen) atoms. The molecule has 2 aromatic rings. The van der Waals surface area contributed by atoms with Crippen molar-refractivity contribution in [2.75, 3.05) is 19.8 Å². The van der Waals surface area contributed by atoms with Crippen molar-refractivity contribution in [2.24, 2.45) is 0 Å². The third-order valence-corrected chi connectivity index (χ3v) is 7.59. The molecule has 2 aromatic carbocycles. The zero-order chi connectivity index (χ0) is 19.8. The molecule has 0 fully saturated rings. The minimum Gasteiger partial charge on any atom is -0.345 e. The summed E-state index contributed by atoms with van der Waals surface area (Å²) in [6, 6.07) is 8.42. The van der Waals surface area contributed by atoms with Crippen LogP contribution >= 0.6 is 23.4 Å². The van der Waals surface area contributed by atoms with Crippen LogP contribution in [-0.4, -0.2) is 38.5 Å². The Balaban J connectivity index is 1.91. The second kappa shape index (κ2) is 7.79. The van der Waals surface area contributed by atoms with Crippen LogP contribution in [0.1, 0.15) is 28.4 Å². The van der Waals surface area contributed by atoms with E-state index in [2.05, 4.69) is 5.32 Å². The van der Waals surface area contributed by atoms with Gasteiger partial charge in [0.15, 0.2) is 0 Å². The summed E-state index contributed by atoms with van der Waals surface area (Å²) in [5, 5.41) is 3.00. The van der Waals surface area contributed by atoms with E-state index in [9.17, 15) is 17.6 Å². The number of hydrogen-bond donors (Lipinski definition) is 1. The molecular formula is C18H18ClFN2O3S2. The Morgan fingerprint density at radius 1 is 1.30 bits per heavy atom. The minimum atomic E-state index is -3.70. The molecule has 0 aliphatic carbocycles. The summed E-state index contributed by atoms with van der Waals surface area (Å²) in [6.45, 7) is 0. The van der Waals surface area contributed by atoms with Gasteiger partial charge in [0.05, 0.1) is 21.5 Å². The molecular weight excluding hydrogens is 411 g/mol. The van der Waals surface area contributed by atoms with Crippen LogP contribution in [0.15, 0.2) is 46.2 Å². The molecule has 1 heterocycles. The van der Waals surface area contributed by atoms with Crippen LogP contribution in [0, 0.1) is 5.82 Å². The molecule has 0 aromatic heterocycles. The van der Waals surface area contributed by atoms with Crippen molar-refractivity contribution in [3.8, 4) is 0 Å². The lowest BCUT2D eigenvalue weighted by atomic mass is 10.0. The normalized spacial score (nSPS) is 16.9. The van der Waals surface area contributed by atoms with Gasteiger partial charge in [-0.2, -0.15) is 0 Å². The van der Waals surface area contributed by atoms with E-state index in [-0.39, 0.29) is 27.3 Å². The number of sulfonamides is 1. The number of hydrogen-bond acceptors (Lipinski definition) is 4. The maximum absolute atomic E-state index is 14.0. The fourth-order valence-electron chi connectivity index (χ4n) is 2.82. The van der Waals surface area contributed by atoms with Crippen molar-refractivity contribution in [1.29, 1.82) is 0 Å². The zero-order valence-electron chi connectivity index (χ0n) is 14.7. The van der Waals surface area contributed by atoms with Crippen molar-refractivity contribution < 1.29 is 17.6 Å². The second-order valence-corrected chi connectivity index (χ2v) is 9.91. The molecule has 5 nitrogen and oxygen atoms in total. The van der Waals surface area contributed by atoms with E-state index in [1.807, 2.05) is 0 Å². The van der Waals surface area contributed by atoms with Gasteiger partial charge in [-0.05, 0) is 36.2 Å². The molecule has 1 aliphatic rings. The summed E-state index contributed by atoms with van der Waals surface area (Å²) >= 11 is 7.55. The first-order valence-electron chi connectivity index (χ1n) is 8.16. The summed E-state index contributed by atoms with van der Waals surface area (Å²) in [5.41, 5.74) is 0.781. The van der Waals surface area contributed by atoms with Crippen LogP contribution in [0.4, 0.5) is 4.39 Å². The van der Waals surface area contributed by atoms with E-state index in [0.717, 1.165) is 4.31 Å². The van der Waals surface area contributed by atoms with Gasteiger partial charge in [0.1, 0.15) is 5.82 Å². The van der Waals surface area contributed by atoms with Gasteiger partial charge in [-0.15, -0.1) is 11.8 Å². The smallest absolute Gasteiger partial charge is 0.253 e. The highest BCUT2D eigenvalue weighted by Gasteiger charge is 2.26. The Morgan fingerprint density at radius 2 is 2.04 bits per heavy atom. The fourth-order valence-corrected chi connectivity index (χ4v) is 5.09. The molecule has 144 valence electrons. The van der Waals surface area contributed by atoms with Crippen molar-refractivity contribution in [1.82, 2.24) is 9.62 Å². The number of amides is 1. The summed E-state index contributed by atoms with van der Waals surface area (Å²) in [4.78, 5) is 13.3. The van der Waals surface area contributed by atoms with E-state index in [1.54, 1.807) is 12.1 Å². The average Bonchev–Trinajstić information content (AvgIpc) is 2.62. The molecule has 0 spiro atoms. The summed E-state index contributed by atoms with van der Waals surface area (Å²) in [5.74, 6) is -0.141. The predicted octanol–water partition coefficient (Wildman–Crippen LogP) is 3.70. The number of fused-ring (bicyclic) bond motifs is 1. The fraction of sp³-hybridized carbons (Fsp3) is 0.278. The number of carbonyl (C=O) groups is 1. The highest BCUT2D eigenvalue weighted by atomic mass is 35.5. The van der Waals surface area contributed by atoms with Gasteiger partial charge in [-0.1, -0.05) is 23.7 Å². The van der Waals surface area contributed by atoms with E-state index in [4.69, 9.17) is 11.6 Å². The standard InChI is InChI=1S/C18H18ClFN2O3S2/c1-22(2)27(24,25)11-6-7-14(19)13(10-11)18(23)21-16-8-9-26-17-12(16)4-3-5-15(17)20/h3-7,10,16H,8-9H2,1-2H3,(H,21,23)/t16-/m1/s1. The van der Waals surface area contributed by atoms with Gasteiger partial charge in [-0.25, -0.2) is 17.1 Å². The molecule has 0 unspecified atom stereocenters. The lowest BCUT2D eigenvalue weighted by Gasteiger charge is -2.26. The quantitative estimate of drug-likeness (QED) is 0.806. The Bertz CT molecular complexity index is 996. The number of halogens is 2. The molecule has 0 radical (unpaired) electrons. The van der Waals surface area contributed by atoms with E-state index < -0.39 is 15.9 Å². The maximum Gasteiger partial charge on any atom is 0.253 e. The molecule has 1 atom stereocenters. The SMILES string of the molecule is CN(C)S(=O)(=O)c1ccc(Cl)c(C(=O)N[C@@H]2CCSc3c(F)cccc32)c1. The molecule has 1 N–H and O–H groups in total. The third-order valence-electron chi connectivity index (χ3n) is 4.29. The number of nitrogens with zero attached hydrogens (tertiary/aromatic N) is 1. The maximum atomic E-state index is 14.0. The van der Waals surface area contributed by atoms with Gasteiger partial charge in [0, 0.05) is 24.7 Å². The Hall–Kier alpha value is -1.61. The van der Waals surface area contributed by atoms with Crippen molar-refractivity contribution >= 4 is 39.3 Å². The van der Waals surface area contributed by atoms with E-state index >= 15 is 0 Å². The molecule has 1 amide bonds. The lowest BCUT2D eigenvalue weighted by molar-refractivity contribution is 0.0934. The number of thioether (sulfide) groups is 1. The van der Waals surface area contributed by atoms with Crippen LogP contribution in [0.5, 0.6) is 0 Å². The van der Waals surface area contributed by atoms with E-state index in [1.165, 1.54) is 50.1 Å². The highest BCUT2D eigenvalue weighted by molar-refractivity contribution is 7.99. The number of benzene rings is 2. The molecule has 0 bridgehead atoms. The molecule has 1 aliphatic heterocycles. The summed E-state index contributed by atoms with van der Waals surface area (Å²) < 4.78 is 39.7. The van der Waals surface area contributed by atoms with Crippen LogP contribution in [0.3, 0.4) is 0 Å². The van der Waals surface area contributed by atoms with Crippen LogP contribution < -0.4 is 5.32 Å². The van der Waals surface area contributed by atoms with Crippen molar-refractivity contribution in [3.63, 3.8) is 0 Å².